The molecule has 1 saturated heterocycles. The normalized spacial score (nSPS) is 19.8. The Bertz CT molecular complexity index is 861. The summed E-state index contributed by atoms with van der Waals surface area (Å²) in [6, 6.07) is 11.6. The number of benzene rings is 2. The van der Waals surface area contributed by atoms with E-state index < -0.39 is 23.5 Å². The predicted octanol–water partition coefficient (Wildman–Crippen LogP) is 3.64. The van der Waals surface area contributed by atoms with Crippen molar-refractivity contribution in [2.75, 3.05) is 7.05 Å². The number of aliphatic hydroxyl groups excluding tert-OH is 1. The second-order valence-electron chi connectivity index (χ2n) is 5.44. The molecule has 1 aliphatic rings. The first-order valence-electron chi connectivity index (χ1n) is 7.16. The summed E-state index contributed by atoms with van der Waals surface area (Å²) in [5.74, 6) is -2.47. The Morgan fingerprint density at radius 1 is 1.12 bits per heavy atom. The zero-order valence-corrected chi connectivity index (χ0v) is 14.2. The van der Waals surface area contributed by atoms with Crippen LogP contribution < -0.4 is 0 Å². The average Bonchev–Trinajstić information content (AvgIpc) is 2.79. The van der Waals surface area contributed by atoms with Crippen LogP contribution in [0.25, 0.3) is 5.76 Å². The standard InChI is InChI=1S/C18H13BrFNO3/c1-21-15(12-4-2-3-5-13(12)20)14(17(23)18(21)24)16(22)10-6-8-11(19)9-7-10/h2-9,15,22H,1H3/t15-/m0/s1. The summed E-state index contributed by atoms with van der Waals surface area (Å²) in [6.07, 6.45) is 0. The third kappa shape index (κ3) is 2.63. The van der Waals surface area contributed by atoms with E-state index in [4.69, 9.17) is 0 Å². The summed E-state index contributed by atoms with van der Waals surface area (Å²) in [5.41, 5.74) is 0.429. The van der Waals surface area contributed by atoms with E-state index in [2.05, 4.69) is 15.9 Å². The van der Waals surface area contributed by atoms with Gasteiger partial charge in [0.15, 0.2) is 0 Å². The van der Waals surface area contributed by atoms with Gasteiger partial charge in [-0.1, -0.05) is 46.3 Å². The number of Topliss-reactive ketones (excluding diaryl/α,β-unsaturated/α-hetero) is 1. The molecule has 24 heavy (non-hydrogen) atoms. The maximum atomic E-state index is 14.2. The molecule has 0 bridgehead atoms. The Hall–Kier alpha value is -2.47. The number of carbonyl (C=O) groups is 2. The molecule has 1 amide bonds. The maximum Gasteiger partial charge on any atom is 0.295 e. The van der Waals surface area contributed by atoms with Crippen molar-refractivity contribution in [3.05, 3.63) is 75.5 Å². The van der Waals surface area contributed by atoms with E-state index >= 15 is 0 Å². The summed E-state index contributed by atoms with van der Waals surface area (Å²) < 4.78 is 15.0. The van der Waals surface area contributed by atoms with Gasteiger partial charge in [0, 0.05) is 22.6 Å². The predicted molar refractivity (Wildman–Crippen MR) is 90.6 cm³/mol. The van der Waals surface area contributed by atoms with Gasteiger partial charge in [0.1, 0.15) is 11.6 Å². The molecule has 1 N–H and O–H groups in total. The van der Waals surface area contributed by atoms with Crippen LogP contribution in [0.15, 0.2) is 58.6 Å². The quantitative estimate of drug-likeness (QED) is 0.484. The molecular formula is C18H13BrFNO3. The second kappa shape index (κ2) is 6.20. The SMILES string of the molecule is CN1C(=O)C(=O)C(=C(O)c2ccc(Br)cc2)[C@@H]1c1ccccc1F. The highest BCUT2D eigenvalue weighted by atomic mass is 79.9. The Labute approximate surface area is 146 Å². The van der Waals surface area contributed by atoms with Crippen molar-refractivity contribution in [3.8, 4) is 0 Å². The lowest BCUT2D eigenvalue weighted by Crippen LogP contribution is -2.25. The largest absolute Gasteiger partial charge is 0.507 e. The molecule has 1 fully saturated rings. The summed E-state index contributed by atoms with van der Waals surface area (Å²) in [4.78, 5) is 25.6. The molecule has 122 valence electrons. The fourth-order valence-corrected chi connectivity index (χ4v) is 3.04. The van der Waals surface area contributed by atoms with Gasteiger partial charge in [-0.15, -0.1) is 0 Å². The Balaban J connectivity index is 2.20. The molecule has 3 rings (SSSR count). The minimum atomic E-state index is -0.963. The molecule has 6 heteroatoms. The lowest BCUT2D eigenvalue weighted by atomic mass is 9.95. The van der Waals surface area contributed by atoms with Gasteiger partial charge >= 0.3 is 0 Å². The highest BCUT2D eigenvalue weighted by molar-refractivity contribution is 9.10. The van der Waals surface area contributed by atoms with Crippen molar-refractivity contribution >= 4 is 33.4 Å². The highest BCUT2D eigenvalue weighted by Gasteiger charge is 2.45. The third-order valence-corrected chi connectivity index (χ3v) is 4.52. The molecule has 2 aromatic rings. The van der Waals surface area contributed by atoms with Crippen molar-refractivity contribution in [2.24, 2.45) is 0 Å². The van der Waals surface area contributed by atoms with Crippen LogP contribution >= 0.6 is 15.9 Å². The number of aliphatic hydroxyl groups is 1. The van der Waals surface area contributed by atoms with Gasteiger partial charge in [0.05, 0.1) is 11.6 Å². The van der Waals surface area contributed by atoms with Crippen molar-refractivity contribution < 1.29 is 19.1 Å². The lowest BCUT2D eigenvalue weighted by molar-refractivity contribution is -0.139. The number of ketones is 1. The van der Waals surface area contributed by atoms with Crippen LogP contribution in [0.1, 0.15) is 17.2 Å². The van der Waals surface area contributed by atoms with Gasteiger partial charge in [-0.25, -0.2) is 4.39 Å². The first-order valence-corrected chi connectivity index (χ1v) is 7.96. The van der Waals surface area contributed by atoms with Crippen LogP contribution in [-0.4, -0.2) is 28.7 Å². The average molecular weight is 390 g/mol. The number of halogens is 2. The Morgan fingerprint density at radius 3 is 2.38 bits per heavy atom. The number of likely N-dealkylation sites (tertiary alicyclic amines) is 1. The monoisotopic (exact) mass is 389 g/mol. The molecule has 0 aliphatic carbocycles. The molecule has 0 aromatic heterocycles. The first kappa shape index (κ1) is 16.4. The van der Waals surface area contributed by atoms with Crippen molar-refractivity contribution in [1.29, 1.82) is 0 Å². The molecular weight excluding hydrogens is 377 g/mol. The first-order chi connectivity index (χ1) is 11.4. The minimum Gasteiger partial charge on any atom is -0.507 e. The van der Waals surface area contributed by atoms with Crippen LogP contribution in [0.2, 0.25) is 0 Å². The topological polar surface area (TPSA) is 57.6 Å². The smallest absolute Gasteiger partial charge is 0.295 e. The third-order valence-electron chi connectivity index (χ3n) is 3.99. The van der Waals surface area contributed by atoms with E-state index in [0.29, 0.717) is 5.56 Å². The van der Waals surface area contributed by atoms with E-state index in [9.17, 15) is 19.1 Å². The summed E-state index contributed by atoms with van der Waals surface area (Å²) >= 11 is 3.29. The lowest BCUT2D eigenvalue weighted by Gasteiger charge is -2.21. The molecule has 4 nitrogen and oxygen atoms in total. The number of hydrogen-bond acceptors (Lipinski definition) is 3. The van der Waals surface area contributed by atoms with E-state index in [1.807, 2.05) is 0 Å². The Kier molecular flexibility index (Phi) is 4.24. The van der Waals surface area contributed by atoms with Crippen LogP contribution in [0.4, 0.5) is 4.39 Å². The van der Waals surface area contributed by atoms with Gasteiger partial charge in [0.25, 0.3) is 11.7 Å². The van der Waals surface area contributed by atoms with Gasteiger partial charge in [-0.05, 0) is 18.2 Å². The number of rotatable bonds is 2. The van der Waals surface area contributed by atoms with E-state index in [1.165, 1.54) is 25.2 Å². The fourth-order valence-electron chi connectivity index (χ4n) is 2.77. The molecule has 0 spiro atoms. The molecule has 1 aliphatic heterocycles. The fraction of sp³-hybridized carbons (Fsp3) is 0.111. The summed E-state index contributed by atoms with van der Waals surface area (Å²) in [5, 5.41) is 10.6. The van der Waals surface area contributed by atoms with E-state index in [0.717, 1.165) is 9.37 Å². The number of hydrogen-bond donors (Lipinski definition) is 1. The van der Waals surface area contributed by atoms with Crippen LogP contribution in [-0.2, 0) is 9.59 Å². The zero-order chi connectivity index (χ0) is 17.4. The van der Waals surface area contributed by atoms with Gasteiger partial charge in [-0.3, -0.25) is 9.59 Å². The van der Waals surface area contributed by atoms with Gasteiger partial charge in [-0.2, -0.15) is 0 Å². The van der Waals surface area contributed by atoms with E-state index in [-0.39, 0.29) is 16.9 Å². The zero-order valence-electron chi connectivity index (χ0n) is 12.7. The molecule has 2 aromatic carbocycles. The van der Waals surface area contributed by atoms with Crippen molar-refractivity contribution in [1.82, 2.24) is 4.90 Å². The van der Waals surface area contributed by atoms with Crippen LogP contribution in [0.5, 0.6) is 0 Å². The van der Waals surface area contributed by atoms with Crippen LogP contribution in [0.3, 0.4) is 0 Å². The molecule has 0 radical (unpaired) electrons. The highest BCUT2D eigenvalue weighted by Crippen LogP contribution is 2.39. The molecule has 0 unspecified atom stereocenters. The van der Waals surface area contributed by atoms with Crippen LogP contribution in [0, 0.1) is 5.82 Å². The molecule has 1 atom stereocenters. The second-order valence-corrected chi connectivity index (χ2v) is 6.35. The molecule has 1 heterocycles. The summed E-state index contributed by atoms with van der Waals surface area (Å²) in [7, 11) is 1.42. The maximum absolute atomic E-state index is 14.2. The number of nitrogens with zero attached hydrogens (tertiary/aromatic N) is 1. The Morgan fingerprint density at radius 2 is 1.75 bits per heavy atom. The molecule has 0 saturated carbocycles. The number of carbonyl (C=O) groups excluding carboxylic acids is 2. The van der Waals surface area contributed by atoms with Gasteiger partial charge < -0.3 is 10.0 Å². The number of amides is 1. The van der Waals surface area contributed by atoms with Crippen molar-refractivity contribution in [3.63, 3.8) is 0 Å². The van der Waals surface area contributed by atoms with E-state index in [1.54, 1.807) is 30.3 Å². The summed E-state index contributed by atoms with van der Waals surface area (Å²) in [6.45, 7) is 0. The van der Waals surface area contributed by atoms with Gasteiger partial charge in [0.2, 0.25) is 0 Å². The van der Waals surface area contributed by atoms with Crippen molar-refractivity contribution in [2.45, 2.75) is 6.04 Å². The number of likely N-dealkylation sites (N-methyl/N-ethyl adjacent to an activating group) is 1. The minimum absolute atomic E-state index is 0.116.